The molecule has 8 heteroatoms. The van der Waals surface area contributed by atoms with Gasteiger partial charge in [-0.1, -0.05) is 38.5 Å². The third kappa shape index (κ3) is 5.58. The monoisotopic (exact) mass is 382 g/mol. The Labute approximate surface area is 151 Å². The molecule has 24 heavy (non-hydrogen) atoms. The van der Waals surface area contributed by atoms with Crippen LogP contribution in [0.4, 0.5) is 0 Å². The summed E-state index contributed by atoms with van der Waals surface area (Å²) in [6.45, 7) is 0.264. The van der Waals surface area contributed by atoms with Crippen LogP contribution in [-0.2, 0) is 19.6 Å². The highest BCUT2D eigenvalue weighted by Gasteiger charge is 2.41. The van der Waals surface area contributed by atoms with Gasteiger partial charge in [0.05, 0.1) is 18.3 Å². The average Bonchev–Trinajstić information content (AvgIpc) is 2.78. The van der Waals surface area contributed by atoms with Gasteiger partial charge in [0.1, 0.15) is 0 Å². The van der Waals surface area contributed by atoms with Gasteiger partial charge in [-0.15, -0.1) is 12.4 Å². The molecule has 6 nitrogen and oxygen atoms in total. The Bertz CT molecular complexity index is 504. The lowest BCUT2D eigenvalue weighted by Gasteiger charge is -2.32. The van der Waals surface area contributed by atoms with E-state index in [4.69, 9.17) is 10.5 Å². The second kappa shape index (κ2) is 9.36. The number of ether oxygens (including phenoxy) is 1. The SMILES string of the molecule is COC(=O)C1CCCCC1S(=O)(=O)NCC1(N)CCCCCC1.Cl. The molecule has 2 unspecified atom stereocenters. The van der Waals surface area contributed by atoms with Crippen molar-refractivity contribution >= 4 is 28.4 Å². The first-order chi connectivity index (χ1) is 10.9. The highest BCUT2D eigenvalue weighted by Crippen LogP contribution is 2.31. The van der Waals surface area contributed by atoms with E-state index in [0.717, 1.165) is 38.5 Å². The molecule has 0 amide bonds. The van der Waals surface area contributed by atoms with E-state index in [1.807, 2.05) is 0 Å². The van der Waals surface area contributed by atoms with Crippen LogP contribution in [0, 0.1) is 5.92 Å². The van der Waals surface area contributed by atoms with Gasteiger partial charge in [0.2, 0.25) is 10.0 Å². The van der Waals surface area contributed by atoms with E-state index in [1.54, 1.807) is 0 Å². The maximum Gasteiger partial charge on any atom is 0.310 e. The molecule has 2 rings (SSSR count). The molecule has 0 aliphatic heterocycles. The topological polar surface area (TPSA) is 98.5 Å². The van der Waals surface area contributed by atoms with Crippen molar-refractivity contribution in [3.63, 3.8) is 0 Å². The molecule has 2 fully saturated rings. The molecule has 3 N–H and O–H groups in total. The third-order valence-corrected chi connectivity index (χ3v) is 7.24. The quantitative estimate of drug-likeness (QED) is 0.560. The van der Waals surface area contributed by atoms with Gasteiger partial charge in [-0.3, -0.25) is 4.79 Å². The Hall–Kier alpha value is -0.370. The lowest BCUT2D eigenvalue weighted by molar-refractivity contribution is -0.146. The molecule has 0 aromatic carbocycles. The molecule has 0 aromatic heterocycles. The Morgan fingerprint density at radius 2 is 1.71 bits per heavy atom. The minimum Gasteiger partial charge on any atom is -0.469 e. The summed E-state index contributed by atoms with van der Waals surface area (Å²) in [4.78, 5) is 11.9. The van der Waals surface area contributed by atoms with E-state index < -0.39 is 32.7 Å². The van der Waals surface area contributed by atoms with Crippen molar-refractivity contribution in [3.05, 3.63) is 0 Å². The smallest absolute Gasteiger partial charge is 0.310 e. The first kappa shape index (κ1) is 21.7. The number of esters is 1. The largest absolute Gasteiger partial charge is 0.469 e. The molecular formula is C16H31ClN2O4S. The van der Waals surface area contributed by atoms with Gasteiger partial charge in [0, 0.05) is 12.1 Å². The zero-order valence-corrected chi connectivity index (χ0v) is 16.1. The van der Waals surface area contributed by atoms with Gasteiger partial charge >= 0.3 is 5.97 Å². The molecule has 2 aliphatic carbocycles. The summed E-state index contributed by atoms with van der Waals surface area (Å²) in [6.07, 6.45) is 8.90. The van der Waals surface area contributed by atoms with Crippen molar-refractivity contribution in [2.24, 2.45) is 11.7 Å². The van der Waals surface area contributed by atoms with E-state index >= 15 is 0 Å². The average molecular weight is 383 g/mol. The molecule has 0 spiro atoms. The lowest BCUT2D eigenvalue weighted by atomic mass is 9.89. The minimum absolute atomic E-state index is 0. The molecule has 2 aliphatic rings. The summed E-state index contributed by atoms with van der Waals surface area (Å²) in [5, 5.41) is -0.696. The van der Waals surface area contributed by atoms with Crippen LogP contribution >= 0.6 is 12.4 Å². The zero-order valence-electron chi connectivity index (χ0n) is 14.5. The summed E-state index contributed by atoms with van der Waals surface area (Å²) in [6, 6.07) is 0. The van der Waals surface area contributed by atoms with Crippen LogP contribution in [0.1, 0.15) is 64.2 Å². The fourth-order valence-corrected chi connectivity index (χ4v) is 5.71. The first-order valence-electron chi connectivity index (χ1n) is 8.73. The molecule has 0 bridgehead atoms. The zero-order chi connectivity index (χ0) is 16.9. The van der Waals surface area contributed by atoms with Crippen molar-refractivity contribution in [1.82, 2.24) is 4.72 Å². The molecule has 2 atom stereocenters. The molecule has 0 heterocycles. The van der Waals surface area contributed by atoms with Crippen LogP contribution in [0.5, 0.6) is 0 Å². The number of nitrogens with one attached hydrogen (secondary N) is 1. The fourth-order valence-electron chi connectivity index (χ4n) is 3.85. The van der Waals surface area contributed by atoms with Crippen LogP contribution < -0.4 is 10.5 Å². The molecule has 0 radical (unpaired) electrons. The van der Waals surface area contributed by atoms with Gasteiger partial charge in [0.15, 0.2) is 0 Å². The van der Waals surface area contributed by atoms with Gasteiger partial charge in [0.25, 0.3) is 0 Å². The van der Waals surface area contributed by atoms with E-state index in [1.165, 1.54) is 20.0 Å². The number of nitrogens with two attached hydrogens (primary N) is 1. The van der Waals surface area contributed by atoms with Crippen LogP contribution in [0.2, 0.25) is 0 Å². The normalized spacial score (nSPS) is 27.6. The predicted molar refractivity (Wildman–Crippen MR) is 96.6 cm³/mol. The molecule has 0 saturated heterocycles. The Morgan fingerprint density at radius 1 is 1.12 bits per heavy atom. The number of rotatable bonds is 5. The van der Waals surface area contributed by atoms with E-state index in [-0.39, 0.29) is 19.0 Å². The maximum atomic E-state index is 12.7. The summed E-state index contributed by atoms with van der Waals surface area (Å²) >= 11 is 0. The van der Waals surface area contributed by atoms with Gasteiger partial charge in [-0.2, -0.15) is 0 Å². The number of hydrogen-bond donors (Lipinski definition) is 2. The molecule has 0 aromatic rings. The van der Waals surface area contributed by atoms with Crippen molar-refractivity contribution in [2.45, 2.75) is 75.0 Å². The molecule has 2 saturated carbocycles. The number of methoxy groups -OCH3 is 1. The summed E-state index contributed by atoms with van der Waals surface area (Å²) in [5.74, 6) is -0.980. The number of hydrogen-bond acceptors (Lipinski definition) is 5. The number of carbonyl (C=O) groups excluding carboxylic acids is 1. The second-order valence-corrected chi connectivity index (χ2v) is 9.08. The van der Waals surface area contributed by atoms with Crippen molar-refractivity contribution in [2.75, 3.05) is 13.7 Å². The van der Waals surface area contributed by atoms with Crippen molar-refractivity contribution in [3.8, 4) is 0 Å². The predicted octanol–water partition coefficient (Wildman–Crippen LogP) is 2.11. The third-order valence-electron chi connectivity index (χ3n) is 5.33. The summed E-state index contributed by atoms with van der Waals surface area (Å²) < 4.78 is 32.9. The Morgan fingerprint density at radius 3 is 2.29 bits per heavy atom. The van der Waals surface area contributed by atoms with Crippen molar-refractivity contribution in [1.29, 1.82) is 0 Å². The highest BCUT2D eigenvalue weighted by molar-refractivity contribution is 7.90. The van der Waals surface area contributed by atoms with Gasteiger partial charge in [-0.25, -0.2) is 13.1 Å². The Balaban J connectivity index is 0.00000288. The standard InChI is InChI=1S/C16H30N2O4S.ClH/c1-22-15(19)13-8-4-5-9-14(13)23(20,21)18-12-16(17)10-6-2-3-7-11-16;/h13-14,18H,2-12,17H2,1H3;1H. The van der Waals surface area contributed by atoms with Crippen LogP contribution in [0.25, 0.3) is 0 Å². The summed E-state index contributed by atoms with van der Waals surface area (Å²) in [5.41, 5.74) is 5.94. The van der Waals surface area contributed by atoms with Crippen LogP contribution in [0.15, 0.2) is 0 Å². The molecular weight excluding hydrogens is 352 g/mol. The summed E-state index contributed by atoms with van der Waals surface area (Å²) in [7, 11) is -2.25. The van der Waals surface area contributed by atoms with Gasteiger partial charge < -0.3 is 10.5 Å². The maximum absolute atomic E-state index is 12.7. The second-order valence-electron chi connectivity index (χ2n) is 7.10. The lowest BCUT2D eigenvalue weighted by Crippen LogP contribution is -2.53. The fraction of sp³-hybridized carbons (Fsp3) is 0.938. The number of sulfonamides is 1. The van der Waals surface area contributed by atoms with Crippen LogP contribution in [0.3, 0.4) is 0 Å². The first-order valence-corrected chi connectivity index (χ1v) is 10.3. The van der Waals surface area contributed by atoms with Crippen molar-refractivity contribution < 1.29 is 17.9 Å². The minimum atomic E-state index is -3.57. The van der Waals surface area contributed by atoms with Gasteiger partial charge in [-0.05, 0) is 25.7 Å². The highest BCUT2D eigenvalue weighted by atomic mass is 35.5. The van der Waals surface area contributed by atoms with Crippen LogP contribution in [-0.4, -0.2) is 38.8 Å². The van der Waals surface area contributed by atoms with E-state index in [9.17, 15) is 13.2 Å². The van der Waals surface area contributed by atoms with E-state index in [0.29, 0.717) is 12.8 Å². The Kier molecular flexibility index (Phi) is 8.45. The van der Waals surface area contributed by atoms with E-state index in [2.05, 4.69) is 4.72 Å². The number of halogens is 1. The molecule has 142 valence electrons. The number of carbonyl (C=O) groups is 1.